The Morgan fingerprint density at radius 3 is 2.85 bits per heavy atom. The maximum Gasteiger partial charge on any atom is 0.334 e. The number of nitrogens with zero attached hydrogens (tertiary/aromatic N) is 1. The number of fused-ring (bicyclic) bond motifs is 1. The molecule has 0 bridgehead atoms. The van der Waals surface area contributed by atoms with E-state index in [1.54, 1.807) is 26.2 Å². The van der Waals surface area contributed by atoms with Gasteiger partial charge in [0.1, 0.15) is 11.6 Å². The van der Waals surface area contributed by atoms with Gasteiger partial charge in [-0.2, -0.15) is 0 Å². The number of rotatable bonds is 4. The largest absolute Gasteiger partial charge is 0.495 e. The lowest BCUT2D eigenvalue weighted by atomic mass is 10.00. The van der Waals surface area contributed by atoms with Gasteiger partial charge in [-0.3, -0.25) is 0 Å². The number of halogens is 1. The Balaban J connectivity index is 2.10. The zero-order valence-electron chi connectivity index (χ0n) is 14.6. The number of hydrogen-bond donors (Lipinski definition) is 1. The predicted molar refractivity (Wildman–Crippen MR) is 104 cm³/mol. The SMILES string of the molecule is CCOC(=O)C1=Cc2cc(-c3cccc(OC)c3Cl)ccc2N=C(N)C1. The molecule has 0 saturated carbocycles. The fraction of sp³-hybridized carbons (Fsp3) is 0.200. The summed E-state index contributed by atoms with van der Waals surface area (Å²) in [6.07, 6.45) is 2.02. The van der Waals surface area contributed by atoms with E-state index in [4.69, 9.17) is 26.8 Å². The first kappa shape index (κ1) is 18.0. The maximum atomic E-state index is 12.2. The Morgan fingerprint density at radius 2 is 2.12 bits per heavy atom. The second-order valence-corrected chi connectivity index (χ2v) is 6.14. The van der Waals surface area contributed by atoms with E-state index in [-0.39, 0.29) is 12.4 Å². The van der Waals surface area contributed by atoms with Crippen LogP contribution in [0.1, 0.15) is 18.9 Å². The van der Waals surface area contributed by atoms with Gasteiger partial charge in [0.05, 0.1) is 24.4 Å². The molecule has 0 radical (unpaired) electrons. The van der Waals surface area contributed by atoms with Crippen LogP contribution in [0.2, 0.25) is 5.02 Å². The van der Waals surface area contributed by atoms with Gasteiger partial charge in [-0.15, -0.1) is 0 Å². The summed E-state index contributed by atoms with van der Waals surface area (Å²) >= 11 is 6.44. The number of hydrogen-bond acceptors (Lipinski definition) is 5. The molecule has 6 heteroatoms. The van der Waals surface area contributed by atoms with Gasteiger partial charge in [-0.1, -0.05) is 29.8 Å². The van der Waals surface area contributed by atoms with E-state index in [1.165, 1.54) is 0 Å². The summed E-state index contributed by atoms with van der Waals surface area (Å²) in [5.74, 6) is 0.586. The summed E-state index contributed by atoms with van der Waals surface area (Å²) in [7, 11) is 1.58. The number of esters is 1. The Morgan fingerprint density at radius 1 is 1.31 bits per heavy atom. The molecule has 1 aliphatic heterocycles. The van der Waals surface area contributed by atoms with E-state index in [2.05, 4.69) is 4.99 Å². The number of aliphatic imine (C=N–C) groups is 1. The second kappa shape index (κ2) is 7.62. The summed E-state index contributed by atoms with van der Waals surface area (Å²) in [6.45, 7) is 2.07. The zero-order chi connectivity index (χ0) is 18.7. The van der Waals surface area contributed by atoms with Crippen LogP contribution < -0.4 is 10.5 Å². The highest BCUT2D eigenvalue weighted by Gasteiger charge is 2.18. The first-order valence-corrected chi connectivity index (χ1v) is 8.59. The molecular weight excluding hydrogens is 352 g/mol. The van der Waals surface area contributed by atoms with Crippen LogP contribution in [0.3, 0.4) is 0 Å². The topological polar surface area (TPSA) is 73.9 Å². The van der Waals surface area contributed by atoms with Crippen LogP contribution >= 0.6 is 11.6 Å². The molecule has 0 unspecified atom stereocenters. The molecule has 134 valence electrons. The van der Waals surface area contributed by atoms with Crippen molar-refractivity contribution in [2.45, 2.75) is 13.3 Å². The van der Waals surface area contributed by atoms with Gasteiger partial charge in [-0.25, -0.2) is 9.79 Å². The highest BCUT2D eigenvalue weighted by Crippen LogP contribution is 2.37. The smallest absolute Gasteiger partial charge is 0.334 e. The molecule has 0 atom stereocenters. The standard InChI is InChI=1S/C20H19ClN2O3/c1-3-26-20(24)14-10-13-9-12(7-8-16(13)23-18(22)11-14)15-5-4-6-17(25-2)19(15)21/h4-10H,3,11H2,1-2H3,(H2,22,23). The second-order valence-electron chi connectivity index (χ2n) is 5.77. The highest BCUT2D eigenvalue weighted by atomic mass is 35.5. The van der Waals surface area contributed by atoms with Gasteiger partial charge >= 0.3 is 5.97 Å². The monoisotopic (exact) mass is 370 g/mol. The first-order chi connectivity index (χ1) is 12.5. The third-order valence-electron chi connectivity index (χ3n) is 4.02. The Kier molecular flexibility index (Phi) is 5.28. The number of carbonyl (C=O) groups excluding carboxylic acids is 1. The number of amidine groups is 1. The molecule has 0 saturated heterocycles. The molecule has 1 heterocycles. The van der Waals surface area contributed by atoms with Crippen LogP contribution in [0.25, 0.3) is 17.2 Å². The van der Waals surface area contributed by atoms with Gasteiger partial charge in [0.15, 0.2) is 0 Å². The third kappa shape index (κ3) is 3.58. The molecule has 0 spiro atoms. The zero-order valence-corrected chi connectivity index (χ0v) is 15.3. The Bertz CT molecular complexity index is 919. The van der Waals surface area contributed by atoms with Crippen molar-refractivity contribution in [2.24, 2.45) is 10.7 Å². The minimum Gasteiger partial charge on any atom is -0.495 e. The van der Waals surface area contributed by atoms with Crippen molar-refractivity contribution in [3.63, 3.8) is 0 Å². The van der Waals surface area contributed by atoms with Crippen LogP contribution in [0, 0.1) is 0 Å². The van der Waals surface area contributed by atoms with E-state index >= 15 is 0 Å². The Hall–Kier alpha value is -2.79. The van der Waals surface area contributed by atoms with Gasteiger partial charge in [0.25, 0.3) is 0 Å². The van der Waals surface area contributed by atoms with Crippen molar-refractivity contribution >= 4 is 35.2 Å². The number of methoxy groups -OCH3 is 1. The van der Waals surface area contributed by atoms with E-state index in [0.29, 0.717) is 34.5 Å². The van der Waals surface area contributed by atoms with Crippen molar-refractivity contribution in [3.05, 3.63) is 52.6 Å². The number of benzene rings is 2. The molecule has 2 N–H and O–H groups in total. The van der Waals surface area contributed by atoms with Crippen molar-refractivity contribution in [2.75, 3.05) is 13.7 Å². The van der Waals surface area contributed by atoms with Gasteiger partial charge < -0.3 is 15.2 Å². The quantitative estimate of drug-likeness (QED) is 0.812. The molecule has 0 aromatic heterocycles. The minimum absolute atomic E-state index is 0.253. The van der Waals surface area contributed by atoms with Crippen LogP contribution in [0.15, 0.2) is 47.0 Å². The fourth-order valence-corrected chi connectivity index (χ4v) is 3.13. The molecule has 2 aromatic rings. The number of carbonyl (C=O) groups is 1. The molecule has 5 nitrogen and oxygen atoms in total. The molecule has 0 amide bonds. The maximum absolute atomic E-state index is 12.2. The summed E-state index contributed by atoms with van der Waals surface area (Å²) in [5, 5.41) is 0.529. The lowest BCUT2D eigenvalue weighted by Gasteiger charge is -2.10. The Labute approximate surface area is 157 Å². The van der Waals surface area contributed by atoms with Crippen LogP contribution in [-0.4, -0.2) is 25.5 Å². The van der Waals surface area contributed by atoms with Crippen molar-refractivity contribution in [1.82, 2.24) is 0 Å². The van der Waals surface area contributed by atoms with Gasteiger partial charge in [0, 0.05) is 23.1 Å². The average Bonchev–Trinajstić information content (AvgIpc) is 2.79. The van der Waals surface area contributed by atoms with Gasteiger partial charge in [-0.05, 0) is 36.8 Å². The summed E-state index contributed by atoms with van der Waals surface area (Å²) in [4.78, 5) is 16.6. The van der Waals surface area contributed by atoms with Crippen LogP contribution in [0.4, 0.5) is 5.69 Å². The first-order valence-electron chi connectivity index (χ1n) is 8.21. The van der Waals surface area contributed by atoms with Gasteiger partial charge in [0.2, 0.25) is 0 Å². The normalized spacial score (nSPS) is 13.2. The highest BCUT2D eigenvalue weighted by molar-refractivity contribution is 6.34. The van der Waals surface area contributed by atoms with Crippen LogP contribution in [0.5, 0.6) is 5.75 Å². The van der Waals surface area contributed by atoms with E-state index in [1.807, 2.05) is 30.3 Å². The average molecular weight is 371 g/mol. The third-order valence-corrected chi connectivity index (χ3v) is 4.41. The molecule has 1 aliphatic rings. The molecule has 2 aromatic carbocycles. The minimum atomic E-state index is -0.386. The predicted octanol–water partition coefficient (Wildman–Crippen LogP) is 4.35. The summed E-state index contributed by atoms with van der Waals surface area (Å²) in [5.41, 5.74) is 9.63. The number of ether oxygens (including phenoxy) is 2. The molecular formula is C20H19ClN2O3. The molecule has 0 aliphatic carbocycles. The summed E-state index contributed by atoms with van der Waals surface area (Å²) < 4.78 is 10.4. The fourth-order valence-electron chi connectivity index (χ4n) is 2.81. The lowest BCUT2D eigenvalue weighted by Crippen LogP contribution is -2.16. The molecule has 0 fully saturated rings. The van der Waals surface area contributed by atoms with E-state index < -0.39 is 0 Å². The lowest BCUT2D eigenvalue weighted by molar-refractivity contribution is -0.138. The van der Waals surface area contributed by atoms with Crippen molar-refractivity contribution in [1.29, 1.82) is 0 Å². The number of nitrogens with two attached hydrogens (primary N) is 1. The van der Waals surface area contributed by atoms with Crippen molar-refractivity contribution < 1.29 is 14.3 Å². The molecule has 3 rings (SSSR count). The summed E-state index contributed by atoms with van der Waals surface area (Å²) in [6, 6.07) is 11.3. The van der Waals surface area contributed by atoms with Crippen molar-refractivity contribution in [3.8, 4) is 16.9 Å². The van der Waals surface area contributed by atoms with E-state index in [9.17, 15) is 4.79 Å². The van der Waals surface area contributed by atoms with Crippen LogP contribution in [-0.2, 0) is 9.53 Å². The van der Waals surface area contributed by atoms with E-state index in [0.717, 1.165) is 16.7 Å². The molecule has 26 heavy (non-hydrogen) atoms.